The lowest BCUT2D eigenvalue weighted by Gasteiger charge is -2.22. The number of ether oxygens (including phenoxy) is 2. The van der Waals surface area contributed by atoms with Crippen molar-refractivity contribution in [3.8, 4) is 17.6 Å². The molecule has 1 aromatic carbocycles. The summed E-state index contributed by atoms with van der Waals surface area (Å²) in [6.07, 6.45) is 3.22. The number of aromatic nitrogens is 3. The molecule has 182 valence electrons. The van der Waals surface area contributed by atoms with Crippen molar-refractivity contribution in [2.45, 2.75) is 25.3 Å². The molecule has 1 aliphatic rings. The molecule has 1 amide bonds. The molecule has 4 rings (SSSR count). The fourth-order valence-electron chi connectivity index (χ4n) is 4.48. The lowest BCUT2D eigenvalue weighted by atomic mass is 10.0. The van der Waals surface area contributed by atoms with E-state index < -0.39 is 17.2 Å². The summed E-state index contributed by atoms with van der Waals surface area (Å²) in [4.78, 5) is 18.2. The Bertz CT molecular complexity index is 1380. The van der Waals surface area contributed by atoms with Crippen LogP contribution >= 0.6 is 0 Å². The Kier molecular flexibility index (Phi) is 6.71. The maximum absolute atomic E-state index is 14.7. The number of nitrogen functional groups attached to an aromatic ring is 1. The highest BCUT2D eigenvalue weighted by molar-refractivity contribution is 5.87. The van der Waals surface area contributed by atoms with Gasteiger partial charge in [-0.1, -0.05) is 18.4 Å². The molecule has 1 aliphatic heterocycles. The second-order valence-electron chi connectivity index (χ2n) is 8.27. The zero-order valence-electron chi connectivity index (χ0n) is 19.6. The van der Waals surface area contributed by atoms with Gasteiger partial charge in [-0.2, -0.15) is 5.10 Å². The Balaban J connectivity index is 1.81. The number of nitrogens with two attached hydrogens (primary N) is 1. The third-order valence-electron chi connectivity index (χ3n) is 6.15. The second-order valence-corrected chi connectivity index (χ2v) is 8.27. The minimum atomic E-state index is -0.882. The molecule has 1 saturated heterocycles. The SMILES string of the molecule is C=CC(=O)N1C[C@@H](c2cc(C#Cc3c(F)c(C)cc(OC)c3F)c3c(N)ncnn23)C[C@@H]1COC. The number of fused-ring (bicyclic) bond motifs is 1. The van der Waals surface area contributed by atoms with E-state index in [4.69, 9.17) is 15.2 Å². The van der Waals surface area contributed by atoms with E-state index in [1.807, 2.05) is 0 Å². The minimum Gasteiger partial charge on any atom is -0.494 e. The van der Waals surface area contributed by atoms with E-state index in [-0.39, 0.29) is 35.0 Å². The normalized spacial score (nSPS) is 17.3. The van der Waals surface area contributed by atoms with Crippen LogP contribution in [-0.2, 0) is 9.53 Å². The number of aryl methyl sites for hydroxylation is 1. The molecule has 0 saturated carbocycles. The number of carbonyl (C=O) groups excluding carboxylic acids is 1. The van der Waals surface area contributed by atoms with Crippen LogP contribution in [0.5, 0.6) is 5.75 Å². The largest absolute Gasteiger partial charge is 0.494 e. The van der Waals surface area contributed by atoms with Gasteiger partial charge in [0.25, 0.3) is 0 Å². The van der Waals surface area contributed by atoms with Gasteiger partial charge in [0.05, 0.1) is 25.3 Å². The molecule has 2 atom stereocenters. The number of likely N-dealkylation sites (tertiary alicyclic amines) is 1. The van der Waals surface area contributed by atoms with Crippen molar-refractivity contribution in [1.82, 2.24) is 19.5 Å². The van der Waals surface area contributed by atoms with Crippen molar-refractivity contribution in [2.24, 2.45) is 0 Å². The van der Waals surface area contributed by atoms with Crippen LogP contribution in [0.1, 0.15) is 34.7 Å². The van der Waals surface area contributed by atoms with E-state index in [2.05, 4.69) is 28.5 Å². The monoisotopic (exact) mass is 481 g/mol. The van der Waals surface area contributed by atoms with Gasteiger partial charge in [-0.05, 0) is 37.1 Å². The van der Waals surface area contributed by atoms with Crippen LogP contribution < -0.4 is 10.5 Å². The van der Waals surface area contributed by atoms with E-state index in [0.29, 0.717) is 30.7 Å². The van der Waals surface area contributed by atoms with Crippen molar-refractivity contribution >= 4 is 17.2 Å². The number of amides is 1. The summed E-state index contributed by atoms with van der Waals surface area (Å²) in [6, 6.07) is 2.91. The first-order chi connectivity index (χ1) is 16.8. The summed E-state index contributed by atoms with van der Waals surface area (Å²) in [5.41, 5.74) is 7.53. The topological polar surface area (TPSA) is 95.0 Å². The van der Waals surface area contributed by atoms with Gasteiger partial charge >= 0.3 is 0 Å². The first kappa shape index (κ1) is 24.2. The quantitative estimate of drug-likeness (QED) is 0.445. The van der Waals surface area contributed by atoms with Crippen LogP contribution in [-0.4, -0.2) is 58.8 Å². The van der Waals surface area contributed by atoms with Crippen molar-refractivity contribution in [3.63, 3.8) is 0 Å². The summed E-state index contributed by atoms with van der Waals surface area (Å²) in [5, 5.41) is 4.33. The zero-order chi connectivity index (χ0) is 25.3. The van der Waals surface area contributed by atoms with Crippen molar-refractivity contribution in [3.05, 3.63) is 65.1 Å². The van der Waals surface area contributed by atoms with E-state index in [1.54, 1.807) is 22.6 Å². The summed E-state index contributed by atoms with van der Waals surface area (Å²) in [6.45, 7) is 5.88. The number of methoxy groups -OCH3 is 2. The van der Waals surface area contributed by atoms with Crippen LogP contribution in [0.2, 0.25) is 0 Å². The molecule has 0 unspecified atom stereocenters. The fraction of sp³-hybridized carbons (Fsp3) is 0.320. The lowest BCUT2D eigenvalue weighted by molar-refractivity contribution is -0.127. The van der Waals surface area contributed by atoms with Gasteiger partial charge in [0, 0.05) is 25.3 Å². The Labute approximate surface area is 201 Å². The number of halogens is 2. The molecule has 0 aliphatic carbocycles. The predicted octanol–water partition coefficient (Wildman–Crippen LogP) is 2.82. The molecule has 2 N–H and O–H groups in total. The van der Waals surface area contributed by atoms with Crippen LogP contribution in [0, 0.1) is 30.4 Å². The molecule has 0 spiro atoms. The highest BCUT2D eigenvalue weighted by atomic mass is 19.1. The van der Waals surface area contributed by atoms with Gasteiger partial charge in [0.2, 0.25) is 5.91 Å². The highest BCUT2D eigenvalue weighted by Gasteiger charge is 2.37. The van der Waals surface area contributed by atoms with Gasteiger partial charge in [0.1, 0.15) is 23.2 Å². The molecular formula is C25H25F2N5O3. The van der Waals surface area contributed by atoms with Crippen LogP contribution in [0.15, 0.2) is 31.1 Å². The number of hydrogen-bond acceptors (Lipinski definition) is 6. The van der Waals surface area contributed by atoms with Crippen molar-refractivity contribution in [1.29, 1.82) is 0 Å². The standard InChI is InChI=1S/C25H25F2N5O3/c1-5-21(33)31-11-16(9-17(31)12-34-3)19-10-15(24-25(28)29-13-30-32(19)24)6-7-18-22(26)14(2)8-20(35-4)23(18)27/h5,8,10,13,16-17H,1,9,11-12H2,2-4H3,(H2,28,29,30)/t16-,17+/m0/s1. The summed E-state index contributed by atoms with van der Waals surface area (Å²) in [7, 11) is 2.88. The fourth-order valence-corrected chi connectivity index (χ4v) is 4.48. The molecular weight excluding hydrogens is 456 g/mol. The molecule has 2 aromatic heterocycles. The van der Waals surface area contributed by atoms with Crippen LogP contribution in [0.25, 0.3) is 5.52 Å². The Hall–Kier alpha value is -3.97. The number of rotatable bonds is 5. The first-order valence-electron chi connectivity index (χ1n) is 10.9. The number of anilines is 1. The number of benzene rings is 1. The third kappa shape index (κ3) is 4.31. The predicted molar refractivity (Wildman–Crippen MR) is 126 cm³/mol. The lowest BCUT2D eigenvalue weighted by Crippen LogP contribution is -2.37. The summed E-state index contributed by atoms with van der Waals surface area (Å²) < 4.78 is 41.4. The molecule has 8 nitrogen and oxygen atoms in total. The average Bonchev–Trinajstić information content (AvgIpc) is 3.43. The van der Waals surface area contributed by atoms with Gasteiger partial charge in [-0.15, -0.1) is 0 Å². The maximum atomic E-state index is 14.7. The summed E-state index contributed by atoms with van der Waals surface area (Å²) >= 11 is 0. The Morgan fingerprint density at radius 3 is 2.77 bits per heavy atom. The van der Waals surface area contributed by atoms with E-state index >= 15 is 0 Å². The number of nitrogens with zero attached hydrogens (tertiary/aromatic N) is 4. The molecule has 3 heterocycles. The van der Waals surface area contributed by atoms with Crippen LogP contribution in [0.3, 0.4) is 0 Å². The van der Waals surface area contributed by atoms with Gasteiger partial charge < -0.3 is 20.1 Å². The van der Waals surface area contributed by atoms with E-state index in [1.165, 1.54) is 32.5 Å². The van der Waals surface area contributed by atoms with Crippen LogP contribution in [0.4, 0.5) is 14.6 Å². The second kappa shape index (κ2) is 9.72. The number of hydrogen-bond donors (Lipinski definition) is 1. The van der Waals surface area contributed by atoms with E-state index in [9.17, 15) is 13.6 Å². The molecule has 35 heavy (non-hydrogen) atoms. The van der Waals surface area contributed by atoms with Gasteiger partial charge in [0.15, 0.2) is 17.4 Å². The molecule has 10 heteroatoms. The van der Waals surface area contributed by atoms with E-state index in [0.717, 1.165) is 5.69 Å². The Morgan fingerprint density at radius 2 is 2.09 bits per heavy atom. The maximum Gasteiger partial charge on any atom is 0.246 e. The average molecular weight is 482 g/mol. The Morgan fingerprint density at radius 1 is 1.31 bits per heavy atom. The smallest absolute Gasteiger partial charge is 0.246 e. The van der Waals surface area contributed by atoms with Gasteiger partial charge in [-0.25, -0.2) is 18.3 Å². The third-order valence-corrected chi connectivity index (χ3v) is 6.15. The minimum absolute atomic E-state index is 0.0967. The molecule has 3 aromatic rings. The molecule has 0 radical (unpaired) electrons. The zero-order valence-corrected chi connectivity index (χ0v) is 19.6. The van der Waals surface area contributed by atoms with Crippen molar-refractivity contribution < 1.29 is 23.0 Å². The molecule has 0 bridgehead atoms. The highest BCUT2D eigenvalue weighted by Crippen LogP contribution is 2.35. The first-order valence-corrected chi connectivity index (χ1v) is 10.9. The van der Waals surface area contributed by atoms with Gasteiger partial charge in [-0.3, -0.25) is 4.79 Å². The molecule has 1 fully saturated rings. The summed E-state index contributed by atoms with van der Waals surface area (Å²) in [5.74, 6) is 3.57. The number of carbonyl (C=O) groups is 1. The van der Waals surface area contributed by atoms with Crippen molar-refractivity contribution in [2.75, 3.05) is 33.1 Å².